The number of alkyl halides is 3. The number of anilines is 3. The fourth-order valence-electron chi connectivity index (χ4n) is 4.70. The lowest BCUT2D eigenvalue weighted by molar-refractivity contribution is -0.192. The number of halogens is 3. The molecule has 0 spiro atoms. The Morgan fingerprint density at radius 3 is 2.59 bits per heavy atom. The highest BCUT2D eigenvalue weighted by molar-refractivity contribution is 6.03. The Balaban J connectivity index is 0.000000448. The molecule has 1 fully saturated rings. The van der Waals surface area contributed by atoms with Crippen molar-refractivity contribution in [2.45, 2.75) is 38.9 Å². The third-order valence-electron chi connectivity index (χ3n) is 6.39. The smallest absolute Gasteiger partial charge is 0.490 e. The second-order valence-corrected chi connectivity index (χ2v) is 9.90. The van der Waals surface area contributed by atoms with E-state index in [9.17, 15) is 18.0 Å². The number of nitrogens with zero attached hydrogens (tertiary/aromatic N) is 5. The lowest BCUT2D eigenvalue weighted by Gasteiger charge is -2.41. The molecular formula is C25H30F3N7O4. The van der Waals surface area contributed by atoms with Gasteiger partial charge in [0.2, 0.25) is 0 Å². The first-order valence-electron chi connectivity index (χ1n) is 12.2. The minimum absolute atomic E-state index is 0.0466. The topological polar surface area (TPSA) is 124 Å². The summed E-state index contributed by atoms with van der Waals surface area (Å²) in [5.74, 6) is -1.46. The summed E-state index contributed by atoms with van der Waals surface area (Å²) in [6.45, 7) is 9.74. The van der Waals surface area contributed by atoms with Crippen LogP contribution in [0.2, 0.25) is 0 Å². The molecule has 0 aliphatic carbocycles. The van der Waals surface area contributed by atoms with Crippen molar-refractivity contribution in [1.82, 2.24) is 19.7 Å². The zero-order chi connectivity index (χ0) is 28.5. The second-order valence-electron chi connectivity index (χ2n) is 9.90. The van der Waals surface area contributed by atoms with E-state index in [0.717, 1.165) is 48.8 Å². The Kier molecular flexibility index (Phi) is 7.59. The second kappa shape index (κ2) is 10.6. The number of carbonyl (C=O) groups is 2. The molecule has 39 heavy (non-hydrogen) atoms. The molecule has 0 radical (unpaired) electrons. The summed E-state index contributed by atoms with van der Waals surface area (Å²) in [7, 11) is 1.59. The number of carbonyl (C=O) groups excluding carboxylic acids is 1. The number of carboxylic acid groups (broad SMARTS) is 1. The van der Waals surface area contributed by atoms with Crippen molar-refractivity contribution < 1.29 is 32.6 Å². The van der Waals surface area contributed by atoms with E-state index in [4.69, 9.17) is 14.6 Å². The van der Waals surface area contributed by atoms with E-state index in [-0.39, 0.29) is 11.6 Å². The van der Waals surface area contributed by atoms with Gasteiger partial charge in [0.1, 0.15) is 22.9 Å². The first-order chi connectivity index (χ1) is 18.3. The normalized spacial score (nSPS) is 16.4. The lowest BCUT2D eigenvalue weighted by Crippen LogP contribution is -2.57. The SMILES string of the molecule is COc1cc2nc(C)cn2cc1NC(=O)N1CCc2c(N3CCNC(C)(C)C3)ccnc21.O=C(O)C(F)(F)F. The molecule has 1 saturated heterocycles. The fraction of sp³-hybridized carbons (Fsp3) is 0.440. The predicted molar refractivity (Wildman–Crippen MR) is 139 cm³/mol. The molecule has 0 saturated carbocycles. The van der Waals surface area contributed by atoms with Gasteiger partial charge in [-0.2, -0.15) is 13.2 Å². The average molecular weight is 550 g/mol. The van der Waals surface area contributed by atoms with Crippen molar-refractivity contribution >= 4 is 34.8 Å². The maximum absolute atomic E-state index is 13.2. The number of amides is 2. The van der Waals surface area contributed by atoms with Crippen LogP contribution >= 0.6 is 0 Å². The van der Waals surface area contributed by atoms with Crippen LogP contribution in [0.1, 0.15) is 25.1 Å². The van der Waals surface area contributed by atoms with E-state index in [0.29, 0.717) is 18.0 Å². The summed E-state index contributed by atoms with van der Waals surface area (Å²) in [6, 6.07) is 3.67. The molecule has 3 N–H and O–H groups in total. The van der Waals surface area contributed by atoms with Crippen LogP contribution in [0.4, 0.5) is 35.2 Å². The molecule has 0 bridgehead atoms. The van der Waals surface area contributed by atoms with Gasteiger partial charge in [0.15, 0.2) is 0 Å². The molecule has 0 atom stereocenters. The summed E-state index contributed by atoms with van der Waals surface area (Å²) >= 11 is 0. The summed E-state index contributed by atoms with van der Waals surface area (Å²) in [4.78, 5) is 35.3. The highest BCUT2D eigenvalue weighted by atomic mass is 19.4. The number of aryl methyl sites for hydroxylation is 1. The van der Waals surface area contributed by atoms with E-state index in [1.54, 1.807) is 18.2 Å². The Morgan fingerprint density at radius 2 is 1.95 bits per heavy atom. The van der Waals surface area contributed by atoms with E-state index >= 15 is 0 Å². The molecule has 3 aromatic heterocycles. The fourth-order valence-corrected chi connectivity index (χ4v) is 4.70. The van der Waals surface area contributed by atoms with E-state index in [1.807, 2.05) is 29.8 Å². The van der Waals surface area contributed by atoms with Gasteiger partial charge in [-0.15, -0.1) is 0 Å². The lowest BCUT2D eigenvalue weighted by atomic mass is 10.0. The molecule has 5 heterocycles. The van der Waals surface area contributed by atoms with Crippen LogP contribution in [0.5, 0.6) is 5.75 Å². The maximum Gasteiger partial charge on any atom is 0.490 e. The number of imidazole rings is 1. The molecule has 2 aliphatic rings. The average Bonchev–Trinajstić information content (AvgIpc) is 3.44. The van der Waals surface area contributed by atoms with Crippen LogP contribution in [0.25, 0.3) is 5.65 Å². The minimum atomic E-state index is -5.08. The minimum Gasteiger partial charge on any atom is -0.494 e. The molecular weight excluding hydrogens is 519 g/mol. The molecule has 2 aliphatic heterocycles. The van der Waals surface area contributed by atoms with Crippen LogP contribution in [0.3, 0.4) is 0 Å². The number of hydrogen-bond donors (Lipinski definition) is 3. The largest absolute Gasteiger partial charge is 0.494 e. The van der Waals surface area contributed by atoms with Gasteiger partial charge in [-0.25, -0.2) is 19.6 Å². The number of methoxy groups -OCH3 is 1. The zero-order valence-corrected chi connectivity index (χ0v) is 22.0. The number of fused-ring (bicyclic) bond motifs is 2. The Hall–Kier alpha value is -4.07. The van der Waals surface area contributed by atoms with Crippen molar-refractivity contribution in [2.24, 2.45) is 0 Å². The number of carboxylic acids is 1. The highest BCUT2D eigenvalue weighted by Gasteiger charge is 2.38. The molecule has 11 nitrogen and oxygen atoms in total. The number of aromatic nitrogens is 3. The van der Waals surface area contributed by atoms with Gasteiger partial charge in [-0.3, -0.25) is 4.90 Å². The van der Waals surface area contributed by atoms with Crippen LogP contribution in [0, 0.1) is 6.92 Å². The van der Waals surface area contributed by atoms with Crippen molar-refractivity contribution in [2.75, 3.05) is 48.4 Å². The zero-order valence-electron chi connectivity index (χ0n) is 22.0. The number of ether oxygens (including phenoxy) is 1. The number of hydrogen-bond acceptors (Lipinski definition) is 7. The Bertz CT molecular complexity index is 1390. The van der Waals surface area contributed by atoms with E-state index in [2.05, 4.69) is 45.4 Å². The van der Waals surface area contributed by atoms with Crippen LogP contribution in [-0.4, -0.2) is 76.5 Å². The van der Waals surface area contributed by atoms with E-state index in [1.165, 1.54) is 5.69 Å². The third-order valence-corrected chi connectivity index (χ3v) is 6.39. The van der Waals surface area contributed by atoms with Gasteiger partial charge in [-0.05, 0) is 33.3 Å². The summed E-state index contributed by atoms with van der Waals surface area (Å²) in [5.41, 5.74) is 4.62. The molecule has 0 unspecified atom stereocenters. The van der Waals surface area contributed by atoms with Crippen LogP contribution in [-0.2, 0) is 11.2 Å². The molecule has 0 aromatic carbocycles. The molecule has 14 heteroatoms. The summed E-state index contributed by atoms with van der Waals surface area (Å²) < 4.78 is 39.1. The van der Waals surface area contributed by atoms with Crippen LogP contribution in [0.15, 0.2) is 30.7 Å². The highest BCUT2D eigenvalue weighted by Crippen LogP contribution is 2.36. The quantitative estimate of drug-likeness (QED) is 0.454. The number of urea groups is 1. The van der Waals surface area contributed by atoms with Crippen molar-refractivity contribution in [3.63, 3.8) is 0 Å². The summed E-state index contributed by atoms with van der Waals surface area (Å²) in [6.07, 6.45) is 1.25. The number of nitrogens with one attached hydrogen (secondary N) is 2. The Morgan fingerprint density at radius 1 is 1.23 bits per heavy atom. The van der Waals surface area contributed by atoms with Crippen molar-refractivity contribution in [3.05, 3.63) is 42.0 Å². The monoisotopic (exact) mass is 549 g/mol. The molecule has 5 rings (SSSR count). The van der Waals surface area contributed by atoms with Gasteiger partial charge in [0.05, 0.1) is 12.8 Å². The van der Waals surface area contributed by atoms with Gasteiger partial charge >= 0.3 is 18.2 Å². The molecule has 3 aromatic rings. The standard InChI is InChI=1S/C23H29N7O2.C2HF3O2/c1-15-12-29-13-17(19(32-4)11-20(29)26-15)27-22(31)30-9-6-16-18(5-7-24-21(16)30)28-10-8-25-23(2,3)14-28;3-2(4,5)1(6)7/h5,7,11-13,25H,6,8-10,14H2,1-4H3,(H,27,31);(H,6,7). The van der Waals surface area contributed by atoms with Crippen LogP contribution < -0.4 is 25.2 Å². The Labute approximate surface area is 222 Å². The van der Waals surface area contributed by atoms with E-state index < -0.39 is 12.1 Å². The number of piperazine rings is 1. The van der Waals surface area contributed by atoms with Gasteiger partial charge in [0.25, 0.3) is 0 Å². The third kappa shape index (κ3) is 6.16. The summed E-state index contributed by atoms with van der Waals surface area (Å²) in [5, 5.41) is 13.7. The first kappa shape index (κ1) is 28.0. The predicted octanol–water partition coefficient (Wildman–Crippen LogP) is 3.46. The van der Waals surface area contributed by atoms with Crippen molar-refractivity contribution in [1.29, 1.82) is 0 Å². The molecule has 210 valence electrons. The molecule has 2 amide bonds. The number of rotatable bonds is 3. The van der Waals surface area contributed by atoms with Gasteiger partial charge in [0, 0.05) is 67.6 Å². The maximum atomic E-state index is 13.2. The first-order valence-corrected chi connectivity index (χ1v) is 12.2. The van der Waals surface area contributed by atoms with Gasteiger partial charge < -0.3 is 29.8 Å². The number of aliphatic carboxylic acids is 1. The van der Waals surface area contributed by atoms with Crippen molar-refractivity contribution in [3.8, 4) is 5.75 Å². The number of pyridine rings is 2. The van der Waals surface area contributed by atoms with Gasteiger partial charge in [-0.1, -0.05) is 0 Å².